The molecular weight excluding hydrogens is 238 g/mol. The van der Waals surface area contributed by atoms with Gasteiger partial charge < -0.3 is 5.32 Å². The van der Waals surface area contributed by atoms with Crippen molar-refractivity contribution in [3.63, 3.8) is 0 Å². The van der Waals surface area contributed by atoms with Gasteiger partial charge in [-0.1, -0.05) is 13.8 Å². The average molecular weight is 258 g/mol. The first-order valence-corrected chi connectivity index (χ1v) is 6.56. The molecule has 1 rings (SSSR count). The van der Waals surface area contributed by atoms with Crippen molar-refractivity contribution in [3.05, 3.63) is 17.5 Å². The van der Waals surface area contributed by atoms with Gasteiger partial charge in [0.15, 0.2) is 0 Å². The monoisotopic (exact) mass is 257 g/mol. The van der Waals surface area contributed by atoms with E-state index in [0.29, 0.717) is 24.7 Å². The molecule has 1 aromatic rings. The molecule has 1 amide bonds. The molecule has 1 atom stereocenters. The summed E-state index contributed by atoms with van der Waals surface area (Å²) in [5.74, 6) is 0.758. The highest BCUT2D eigenvalue weighted by atomic mass is 35.5. The number of nitrogens with zero attached hydrogens (tertiary/aromatic N) is 2. The van der Waals surface area contributed by atoms with Gasteiger partial charge in [0.25, 0.3) is 5.91 Å². The lowest BCUT2D eigenvalue weighted by Gasteiger charge is -2.09. The standard InChI is InChI=1S/C12H20ClN3O/c1-4-10-6-11(16(5-2)15-10)12(17)14-8-9(3)7-13/h6,9H,4-5,7-8H2,1-3H3,(H,14,17). The van der Waals surface area contributed by atoms with Crippen molar-refractivity contribution in [2.24, 2.45) is 5.92 Å². The number of halogens is 1. The average Bonchev–Trinajstić information content (AvgIpc) is 2.78. The summed E-state index contributed by atoms with van der Waals surface area (Å²) in [6, 6.07) is 1.85. The molecule has 1 unspecified atom stereocenters. The van der Waals surface area contributed by atoms with Gasteiger partial charge in [-0.3, -0.25) is 9.48 Å². The molecule has 17 heavy (non-hydrogen) atoms. The fraction of sp³-hybridized carbons (Fsp3) is 0.667. The lowest BCUT2D eigenvalue weighted by Crippen LogP contribution is -2.30. The van der Waals surface area contributed by atoms with E-state index in [-0.39, 0.29) is 11.8 Å². The number of aryl methyl sites for hydroxylation is 2. The molecule has 0 aromatic carbocycles. The van der Waals surface area contributed by atoms with Crippen molar-refractivity contribution in [1.29, 1.82) is 0 Å². The van der Waals surface area contributed by atoms with Gasteiger partial charge in [-0.2, -0.15) is 5.10 Å². The highest BCUT2D eigenvalue weighted by Crippen LogP contribution is 2.06. The number of alkyl halides is 1. The van der Waals surface area contributed by atoms with E-state index >= 15 is 0 Å². The summed E-state index contributed by atoms with van der Waals surface area (Å²) in [5.41, 5.74) is 1.58. The van der Waals surface area contributed by atoms with Crippen molar-refractivity contribution in [2.45, 2.75) is 33.7 Å². The van der Waals surface area contributed by atoms with Crippen molar-refractivity contribution < 1.29 is 4.79 Å². The number of hydrogen-bond acceptors (Lipinski definition) is 2. The lowest BCUT2D eigenvalue weighted by molar-refractivity contribution is 0.0938. The molecule has 0 radical (unpaired) electrons. The van der Waals surface area contributed by atoms with Gasteiger partial charge in [-0.25, -0.2) is 0 Å². The third-order valence-corrected chi connectivity index (χ3v) is 3.13. The van der Waals surface area contributed by atoms with E-state index in [9.17, 15) is 4.79 Å². The molecule has 0 aliphatic carbocycles. The van der Waals surface area contributed by atoms with E-state index in [1.54, 1.807) is 4.68 Å². The molecule has 4 nitrogen and oxygen atoms in total. The second-order valence-corrected chi connectivity index (χ2v) is 4.47. The second-order valence-electron chi connectivity index (χ2n) is 4.16. The quantitative estimate of drug-likeness (QED) is 0.793. The summed E-state index contributed by atoms with van der Waals surface area (Å²) < 4.78 is 1.74. The first-order chi connectivity index (χ1) is 8.12. The normalized spacial score (nSPS) is 12.5. The fourth-order valence-corrected chi connectivity index (χ4v) is 1.59. The van der Waals surface area contributed by atoms with Crippen LogP contribution in [0, 0.1) is 5.92 Å². The minimum Gasteiger partial charge on any atom is -0.350 e. The molecule has 96 valence electrons. The first-order valence-electron chi connectivity index (χ1n) is 6.03. The molecule has 1 aromatic heterocycles. The summed E-state index contributed by atoms with van der Waals surface area (Å²) in [5, 5.41) is 7.22. The van der Waals surface area contributed by atoms with Crippen LogP contribution in [0.25, 0.3) is 0 Å². The number of rotatable bonds is 6. The van der Waals surface area contributed by atoms with Gasteiger partial charge in [-0.05, 0) is 25.3 Å². The van der Waals surface area contributed by atoms with Crippen LogP contribution in [-0.2, 0) is 13.0 Å². The van der Waals surface area contributed by atoms with Gasteiger partial charge >= 0.3 is 0 Å². The van der Waals surface area contributed by atoms with Crippen molar-refractivity contribution >= 4 is 17.5 Å². The molecule has 0 fully saturated rings. The zero-order valence-electron chi connectivity index (χ0n) is 10.7. The summed E-state index contributed by atoms with van der Waals surface area (Å²) in [4.78, 5) is 12.0. The Labute approximate surface area is 107 Å². The maximum absolute atomic E-state index is 12.0. The molecule has 1 heterocycles. The smallest absolute Gasteiger partial charge is 0.269 e. The zero-order chi connectivity index (χ0) is 12.8. The Balaban J connectivity index is 2.70. The number of aromatic nitrogens is 2. The van der Waals surface area contributed by atoms with Crippen molar-refractivity contribution in [2.75, 3.05) is 12.4 Å². The van der Waals surface area contributed by atoms with Crippen molar-refractivity contribution in [3.8, 4) is 0 Å². The lowest BCUT2D eigenvalue weighted by atomic mass is 10.2. The topological polar surface area (TPSA) is 46.9 Å². The van der Waals surface area contributed by atoms with Crippen LogP contribution in [0.15, 0.2) is 6.07 Å². The summed E-state index contributed by atoms with van der Waals surface area (Å²) in [7, 11) is 0. The molecule has 1 N–H and O–H groups in total. The van der Waals surface area contributed by atoms with Crippen LogP contribution in [0.5, 0.6) is 0 Å². The maximum Gasteiger partial charge on any atom is 0.269 e. The van der Waals surface area contributed by atoms with E-state index in [1.165, 1.54) is 0 Å². The van der Waals surface area contributed by atoms with Crippen LogP contribution in [0.4, 0.5) is 0 Å². The fourth-order valence-electron chi connectivity index (χ4n) is 1.48. The number of carbonyl (C=O) groups excluding carboxylic acids is 1. The van der Waals surface area contributed by atoms with Crippen molar-refractivity contribution in [1.82, 2.24) is 15.1 Å². The van der Waals surface area contributed by atoms with E-state index in [2.05, 4.69) is 10.4 Å². The van der Waals surface area contributed by atoms with Gasteiger partial charge in [0.05, 0.1) is 5.69 Å². The van der Waals surface area contributed by atoms with Crippen LogP contribution in [0.2, 0.25) is 0 Å². The highest BCUT2D eigenvalue weighted by molar-refractivity contribution is 6.18. The Morgan fingerprint density at radius 1 is 1.59 bits per heavy atom. The molecule has 0 saturated carbocycles. The SMILES string of the molecule is CCc1cc(C(=O)NCC(C)CCl)n(CC)n1. The van der Waals surface area contributed by atoms with Crippen LogP contribution >= 0.6 is 11.6 Å². The highest BCUT2D eigenvalue weighted by Gasteiger charge is 2.14. The number of carbonyl (C=O) groups is 1. The van der Waals surface area contributed by atoms with E-state index in [0.717, 1.165) is 12.1 Å². The van der Waals surface area contributed by atoms with E-state index in [1.807, 2.05) is 26.8 Å². The molecule has 0 saturated heterocycles. The summed E-state index contributed by atoms with van der Waals surface area (Å²) in [6.07, 6.45) is 0.839. The Morgan fingerprint density at radius 2 is 2.29 bits per heavy atom. The summed E-state index contributed by atoms with van der Waals surface area (Å²) in [6.45, 7) is 7.30. The van der Waals surface area contributed by atoms with E-state index in [4.69, 9.17) is 11.6 Å². The molecular formula is C12H20ClN3O. The number of amides is 1. The Bertz CT molecular complexity index is 376. The number of nitrogens with one attached hydrogen (secondary N) is 1. The van der Waals surface area contributed by atoms with Crippen LogP contribution in [0.3, 0.4) is 0 Å². The summed E-state index contributed by atoms with van der Waals surface area (Å²) >= 11 is 5.70. The molecule has 0 bridgehead atoms. The number of hydrogen-bond donors (Lipinski definition) is 1. The van der Waals surface area contributed by atoms with Gasteiger partial charge in [0.2, 0.25) is 0 Å². The predicted molar refractivity (Wildman–Crippen MR) is 69.5 cm³/mol. The van der Waals surface area contributed by atoms with Gasteiger partial charge in [-0.15, -0.1) is 11.6 Å². The minimum atomic E-state index is -0.0731. The van der Waals surface area contributed by atoms with Crippen LogP contribution in [0.1, 0.15) is 37.0 Å². The van der Waals surface area contributed by atoms with Gasteiger partial charge in [0.1, 0.15) is 5.69 Å². The molecule has 0 spiro atoms. The largest absolute Gasteiger partial charge is 0.350 e. The predicted octanol–water partition coefficient (Wildman–Crippen LogP) is 2.07. The third-order valence-electron chi connectivity index (χ3n) is 2.60. The van der Waals surface area contributed by atoms with E-state index < -0.39 is 0 Å². The minimum absolute atomic E-state index is 0.0731. The van der Waals surface area contributed by atoms with Crippen LogP contribution in [-0.4, -0.2) is 28.1 Å². The molecule has 0 aliphatic heterocycles. The maximum atomic E-state index is 12.0. The Hall–Kier alpha value is -1.03. The second kappa shape index (κ2) is 6.64. The van der Waals surface area contributed by atoms with Crippen LogP contribution < -0.4 is 5.32 Å². The Kier molecular flexibility index (Phi) is 5.48. The first kappa shape index (κ1) is 14.0. The third kappa shape index (κ3) is 3.73. The molecule has 0 aliphatic rings. The molecule has 5 heteroatoms. The Morgan fingerprint density at radius 3 is 2.82 bits per heavy atom. The zero-order valence-corrected chi connectivity index (χ0v) is 11.4. The van der Waals surface area contributed by atoms with Gasteiger partial charge in [0, 0.05) is 19.0 Å².